The summed E-state index contributed by atoms with van der Waals surface area (Å²) in [6.07, 6.45) is 3.02. The Bertz CT molecular complexity index is 1080. The molecule has 1 aliphatic heterocycles. The number of nitrogens with one attached hydrogen (secondary N) is 1. The Morgan fingerprint density at radius 2 is 1.84 bits per heavy atom. The van der Waals surface area contributed by atoms with Crippen LogP contribution in [0.1, 0.15) is 66.4 Å². The highest BCUT2D eigenvalue weighted by Crippen LogP contribution is 2.31. The van der Waals surface area contributed by atoms with Crippen LogP contribution in [0.2, 0.25) is 0 Å². The molecule has 0 spiro atoms. The van der Waals surface area contributed by atoms with Gasteiger partial charge in [0.25, 0.3) is 0 Å². The van der Waals surface area contributed by atoms with Crippen molar-refractivity contribution in [2.24, 2.45) is 5.92 Å². The van der Waals surface area contributed by atoms with Crippen LogP contribution in [0.3, 0.4) is 0 Å². The zero-order chi connectivity index (χ0) is 22.2. The van der Waals surface area contributed by atoms with Gasteiger partial charge in [-0.2, -0.15) is 4.31 Å². The van der Waals surface area contributed by atoms with Gasteiger partial charge in [-0.3, -0.25) is 9.59 Å². The molecule has 9 heteroatoms. The third kappa shape index (κ3) is 4.58. The molecule has 1 N–H and O–H groups in total. The molecule has 1 aromatic heterocycles. The highest BCUT2D eigenvalue weighted by molar-refractivity contribution is 7.89. The summed E-state index contributed by atoms with van der Waals surface area (Å²) in [4.78, 5) is 30.0. The number of hydrogen-bond donors (Lipinski definition) is 1. The fourth-order valence-electron chi connectivity index (χ4n) is 4.06. The largest absolute Gasteiger partial charge is 0.302 e. The van der Waals surface area contributed by atoms with Gasteiger partial charge in [0.05, 0.1) is 15.5 Å². The number of rotatable bonds is 5. The number of hydrogen-bond acceptors (Lipinski definition) is 6. The molecule has 0 atom stereocenters. The number of carbonyl (C=O) groups excluding carboxylic acids is 2. The van der Waals surface area contributed by atoms with E-state index in [4.69, 9.17) is 0 Å². The lowest BCUT2D eigenvalue weighted by Gasteiger charge is -2.30. The van der Waals surface area contributed by atoms with Gasteiger partial charge in [0, 0.05) is 25.4 Å². The number of aromatic nitrogens is 1. The summed E-state index contributed by atoms with van der Waals surface area (Å²) in [5.74, 6) is 0.00924. The first kappa shape index (κ1) is 22.1. The molecule has 166 valence electrons. The van der Waals surface area contributed by atoms with Gasteiger partial charge < -0.3 is 5.32 Å². The molecule has 2 aromatic rings. The number of benzene rings is 1. The van der Waals surface area contributed by atoms with Crippen molar-refractivity contribution in [2.75, 3.05) is 18.4 Å². The average molecular weight is 462 g/mol. The smallest absolute Gasteiger partial charge is 0.243 e. The van der Waals surface area contributed by atoms with Gasteiger partial charge in [-0.25, -0.2) is 13.4 Å². The number of nitrogens with zero attached hydrogens (tertiary/aromatic N) is 2. The molecule has 1 aromatic carbocycles. The quantitative estimate of drug-likeness (QED) is 0.730. The lowest BCUT2D eigenvalue weighted by atomic mass is 9.97. The van der Waals surface area contributed by atoms with Gasteiger partial charge in [-0.05, 0) is 49.3 Å². The zero-order valence-corrected chi connectivity index (χ0v) is 19.4. The Morgan fingerprint density at radius 3 is 2.45 bits per heavy atom. The minimum absolute atomic E-state index is 0.0965. The molecule has 0 saturated carbocycles. The summed E-state index contributed by atoms with van der Waals surface area (Å²) < 4.78 is 27.4. The number of anilines is 1. The minimum Gasteiger partial charge on any atom is -0.302 e. The van der Waals surface area contributed by atoms with E-state index >= 15 is 0 Å². The summed E-state index contributed by atoms with van der Waals surface area (Å²) in [6.45, 7) is 4.74. The maximum atomic E-state index is 13.0. The number of aryl methyl sites for hydroxylation is 1. The molecule has 1 fully saturated rings. The number of carbonyl (C=O) groups is 2. The van der Waals surface area contributed by atoms with Gasteiger partial charge in [-0.1, -0.05) is 37.3 Å². The van der Waals surface area contributed by atoms with Crippen molar-refractivity contribution in [1.29, 1.82) is 0 Å². The number of thiazole rings is 1. The van der Waals surface area contributed by atoms with Crippen LogP contribution in [0.5, 0.6) is 0 Å². The van der Waals surface area contributed by atoms with Crippen molar-refractivity contribution >= 4 is 38.2 Å². The van der Waals surface area contributed by atoms with E-state index in [0.717, 1.165) is 24.1 Å². The Labute approximate surface area is 186 Å². The van der Waals surface area contributed by atoms with E-state index < -0.39 is 10.0 Å². The predicted molar refractivity (Wildman–Crippen MR) is 120 cm³/mol. The third-order valence-electron chi connectivity index (χ3n) is 6.01. The molecule has 1 saturated heterocycles. The van der Waals surface area contributed by atoms with Crippen molar-refractivity contribution < 1.29 is 18.0 Å². The van der Waals surface area contributed by atoms with E-state index in [1.54, 1.807) is 12.1 Å². The SMILES string of the molecule is CC(C)c1ccc(S(=O)(=O)N2CCC(C(=O)Nc3nc4c(s3)C(=O)CCC4)CC2)cc1. The van der Waals surface area contributed by atoms with E-state index in [-0.39, 0.29) is 22.5 Å². The lowest BCUT2D eigenvalue weighted by molar-refractivity contribution is -0.120. The zero-order valence-electron chi connectivity index (χ0n) is 17.8. The molecule has 2 heterocycles. The summed E-state index contributed by atoms with van der Waals surface area (Å²) in [7, 11) is -3.57. The summed E-state index contributed by atoms with van der Waals surface area (Å²) in [5.41, 5.74) is 1.88. The minimum atomic E-state index is -3.57. The van der Waals surface area contributed by atoms with Crippen LogP contribution in [0.15, 0.2) is 29.2 Å². The first-order chi connectivity index (χ1) is 14.8. The molecule has 2 aliphatic rings. The van der Waals surface area contributed by atoms with Crippen LogP contribution in [0.25, 0.3) is 0 Å². The lowest BCUT2D eigenvalue weighted by Crippen LogP contribution is -2.41. The topological polar surface area (TPSA) is 96.4 Å². The summed E-state index contributed by atoms with van der Waals surface area (Å²) >= 11 is 1.24. The molecular weight excluding hydrogens is 434 g/mol. The van der Waals surface area contributed by atoms with E-state index in [1.807, 2.05) is 12.1 Å². The summed E-state index contributed by atoms with van der Waals surface area (Å²) in [5, 5.41) is 3.30. The maximum Gasteiger partial charge on any atom is 0.243 e. The predicted octanol–water partition coefficient (Wildman–Crippen LogP) is 3.82. The molecule has 7 nitrogen and oxygen atoms in total. The number of sulfonamides is 1. The van der Waals surface area contributed by atoms with Crippen molar-refractivity contribution in [3.05, 3.63) is 40.4 Å². The van der Waals surface area contributed by atoms with Gasteiger partial charge in [0.2, 0.25) is 15.9 Å². The molecule has 1 aliphatic carbocycles. The second-order valence-electron chi connectivity index (χ2n) is 8.46. The van der Waals surface area contributed by atoms with E-state index in [9.17, 15) is 18.0 Å². The van der Waals surface area contributed by atoms with Crippen molar-refractivity contribution in [2.45, 2.75) is 56.8 Å². The number of Topliss-reactive ketones (excluding diaryl/α,β-unsaturated/α-hetero) is 1. The molecular formula is C22H27N3O4S2. The highest BCUT2D eigenvalue weighted by atomic mass is 32.2. The fourth-order valence-corrected chi connectivity index (χ4v) is 6.51. The Hall–Kier alpha value is -2.10. The Kier molecular flexibility index (Phi) is 6.27. The number of ketones is 1. The first-order valence-corrected chi connectivity index (χ1v) is 12.9. The van der Waals surface area contributed by atoms with Gasteiger partial charge >= 0.3 is 0 Å². The second kappa shape index (κ2) is 8.80. The molecule has 0 radical (unpaired) electrons. The second-order valence-corrected chi connectivity index (χ2v) is 11.4. The maximum absolute atomic E-state index is 13.0. The van der Waals surface area contributed by atoms with E-state index in [2.05, 4.69) is 24.1 Å². The van der Waals surface area contributed by atoms with Crippen LogP contribution < -0.4 is 5.32 Å². The number of piperidine rings is 1. The van der Waals surface area contributed by atoms with E-state index in [0.29, 0.717) is 48.3 Å². The third-order valence-corrected chi connectivity index (χ3v) is 8.97. The molecule has 31 heavy (non-hydrogen) atoms. The van der Waals surface area contributed by atoms with Crippen LogP contribution in [-0.2, 0) is 21.2 Å². The van der Waals surface area contributed by atoms with E-state index in [1.165, 1.54) is 15.6 Å². The van der Waals surface area contributed by atoms with Crippen LogP contribution in [-0.4, -0.2) is 42.5 Å². The van der Waals surface area contributed by atoms with Crippen molar-refractivity contribution in [1.82, 2.24) is 9.29 Å². The van der Waals surface area contributed by atoms with Crippen LogP contribution in [0, 0.1) is 5.92 Å². The van der Waals surface area contributed by atoms with Crippen LogP contribution in [0.4, 0.5) is 5.13 Å². The number of amides is 1. The summed E-state index contributed by atoms with van der Waals surface area (Å²) in [6, 6.07) is 7.04. The Morgan fingerprint density at radius 1 is 1.16 bits per heavy atom. The van der Waals surface area contributed by atoms with Crippen molar-refractivity contribution in [3.63, 3.8) is 0 Å². The first-order valence-electron chi connectivity index (χ1n) is 10.7. The van der Waals surface area contributed by atoms with Gasteiger partial charge in [0.15, 0.2) is 10.9 Å². The van der Waals surface area contributed by atoms with Gasteiger partial charge in [0.1, 0.15) is 0 Å². The Balaban J connectivity index is 1.36. The van der Waals surface area contributed by atoms with Crippen LogP contribution >= 0.6 is 11.3 Å². The molecule has 0 bridgehead atoms. The average Bonchev–Trinajstić information content (AvgIpc) is 3.17. The normalized spacial score (nSPS) is 18.2. The molecule has 0 unspecified atom stereocenters. The standard InChI is InChI=1S/C22H27N3O4S2/c1-14(2)15-6-8-17(9-7-15)31(28,29)25-12-10-16(11-13-25)21(27)24-22-23-18-4-3-5-19(26)20(18)30-22/h6-9,14,16H,3-5,10-13H2,1-2H3,(H,23,24,27). The monoisotopic (exact) mass is 461 g/mol. The number of fused-ring (bicyclic) bond motifs is 1. The fraction of sp³-hybridized carbons (Fsp3) is 0.500. The molecule has 1 amide bonds. The van der Waals surface area contributed by atoms with Crippen molar-refractivity contribution in [3.8, 4) is 0 Å². The molecule has 4 rings (SSSR count). The van der Waals surface area contributed by atoms with Gasteiger partial charge in [-0.15, -0.1) is 0 Å². The highest BCUT2D eigenvalue weighted by Gasteiger charge is 2.33.